The van der Waals surface area contributed by atoms with Crippen molar-refractivity contribution in [1.29, 1.82) is 0 Å². The van der Waals surface area contributed by atoms with Crippen molar-refractivity contribution in [2.75, 3.05) is 5.32 Å². The maximum Gasteiger partial charge on any atom is 0.280 e. The smallest absolute Gasteiger partial charge is 0.280 e. The number of nitrogens with one attached hydrogen (secondary N) is 1. The Morgan fingerprint density at radius 1 is 1.09 bits per heavy atom. The lowest BCUT2D eigenvalue weighted by molar-refractivity contribution is 0.101. The van der Waals surface area contributed by atoms with Gasteiger partial charge in [-0.2, -0.15) is 5.10 Å². The summed E-state index contributed by atoms with van der Waals surface area (Å²) in [5.74, 6) is 0.514. The summed E-state index contributed by atoms with van der Waals surface area (Å²) < 4.78 is 3.77. The number of carbonyl (C=O) groups is 1. The third-order valence-corrected chi connectivity index (χ3v) is 6.09. The molecule has 2 aromatic heterocycles. The first-order chi connectivity index (χ1) is 15.5. The van der Waals surface area contributed by atoms with E-state index in [1.807, 2.05) is 30.3 Å². The molecular formula is C24H22ClN5O2. The van der Waals surface area contributed by atoms with Gasteiger partial charge in [0.1, 0.15) is 5.82 Å². The first kappa shape index (κ1) is 20.5. The molecule has 0 radical (unpaired) electrons. The largest absolute Gasteiger partial charge is 0.328 e. The lowest BCUT2D eigenvalue weighted by atomic mass is 10.2. The van der Waals surface area contributed by atoms with Crippen LogP contribution >= 0.6 is 11.6 Å². The van der Waals surface area contributed by atoms with E-state index in [2.05, 4.69) is 15.0 Å². The molecule has 7 nitrogen and oxygen atoms in total. The van der Waals surface area contributed by atoms with E-state index in [0.29, 0.717) is 22.1 Å². The molecule has 0 aliphatic carbocycles. The summed E-state index contributed by atoms with van der Waals surface area (Å²) in [4.78, 5) is 30.2. The number of aromatic nitrogens is 4. The maximum absolute atomic E-state index is 12.9. The molecule has 0 fully saturated rings. The van der Waals surface area contributed by atoms with Gasteiger partial charge >= 0.3 is 0 Å². The molecule has 0 atom stereocenters. The van der Waals surface area contributed by atoms with Gasteiger partial charge in [0, 0.05) is 30.4 Å². The van der Waals surface area contributed by atoms with E-state index in [4.69, 9.17) is 16.6 Å². The van der Waals surface area contributed by atoms with E-state index < -0.39 is 11.3 Å². The average Bonchev–Trinajstić information content (AvgIpc) is 2.94. The van der Waals surface area contributed by atoms with Crippen LogP contribution in [0.25, 0.3) is 16.7 Å². The third kappa shape index (κ3) is 3.69. The monoisotopic (exact) mass is 447 g/mol. The summed E-state index contributed by atoms with van der Waals surface area (Å²) in [7, 11) is 0. The van der Waals surface area contributed by atoms with Gasteiger partial charge in [0.2, 0.25) is 5.43 Å². The van der Waals surface area contributed by atoms with Crippen LogP contribution in [-0.2, 0) is 13.0 Å². The molecule has 0 unspecified atom stereocenters. The molecule has 1 amide bonds. The summed E-state index contributed by atoms with van der Waals surface area (Å²) in [6, 6.07) is 14.2. The van der Waals surface area contributed by atoms with Crippen molar-refractivity contribution in [3.63, 3.8) is 0 Å². The number of carbonyl (C=O) groups excluding carboxylic acids is 1. The zero-order valence-corrected chi connectivity index (χ0v) is 18.4. The van der Waals surface area contributed by atoms with Crippen LogP contribution in [0.2, 0.25) is 5.02 Å². The first-order valence-electron chi connectivity index (χ1n) is 10.7. The van der Waals surface area contributed by atoms with Crippen molar-refractivity contribution in [3.05, 3.63) is 81.0 Å². The Hall–Kier alpha value is -3.45. The zero-order chi connectivity index (χ0) is 22.2. The second kappa shape index (κ2) is 8.24. The van der Waals surface area contributed by atoms with Gasteiger partial charge in [-0.1, -0.05) is 30.2 Å². The first-order valence-corrected chi connectivity index (χ1v) is 11.1. The van der Waals surface area contributed by atoms with Gasteiger partial charge in [0.15, 0.2) is 5.69 Å². The molecule has 162 valence electrons. The van der Waals surface area contributed by atoms with Crippen molar-refractivity contribution in [2.24, 2.45) is 0 Å². The number of hydrogen-bond acceptors (Lipinski definition) is 4. The van der Waals surface area contributed by atoms with E-state index in [1.54, 1.807) is 19.1 Å². The van der Waals surface area contributed by atoms with E-state index in [0.717, 1.165) is 42.7 Å². The second-order valence-corrected chi connectivity index (χ2v) is 8.42. The molecule has 1 N–H and O–H groups in total. The van der Waals surface area contributed by atoms with Crippen molar-refractivity contribution < 1.29 is 4.79 Å². The lowest BCUT2D eigenvalue weighted by Gasteiger charge is -2.12. The molecule has 32 heavy (non-hydrogen) atoms. The number of imidazole rings is 1. The Kier molecular flexibility index (Phi) is 5.27. The molecule has 1 aliphatic heterocycles. The topological polar surface area (TPSA) is 81.8 Å². The highest BCUT2D eigenvalue weighted by Crippen LogP contribution is 2.25. The van der Waals surface area contributed by atoms with Gasteiger partial charge in [-0.25, -0.2) is 9.67 Å². The summed E-state index contributed by atoms with van der Waals surface area (Å²) in [5.41, 5.74) is 3.01. The third-order valence-electron chi connectivity index (χ3n) is 5.77. The van der Waals surface area contributed by atoms with Crippen molar-refractivity contribution in [2.45, 2.75) is 39.2 Å². The molecule has 0 bridgehead atoms. The number of anilines is 1. The molecular weight excluding hydrogens is 426 g/mol. The van der Waals surface area contributed by atoms with E-state index >= 15 is 0 Å². The number of aryl methyl sites for hydroxylation is 3. The Bertz CT molecular complexity index is 1410. The van der Waals surface area contributed by atoms with Gasteiger partial charge in [0.05, 0.1) is 21.7 Å². The van der Waals surface area contributed by atoms with E-state index in [9.17, 15) is 9.59 Å². The molecule has 5 rings (SSSR count). The van der Waals surface area contributed by atoms with Crippen LogP contribution in [0.1, 0.15) is 41.3 Å². The van der Waals surface area contributed by atoms with E-state index in [1.165, 1.54) is 17.2 Å². The van der Waals surface area contributed by atoms with Crippen molar-refractivity contribution >= 4 is 34.2 Å². The summed E-state index contributed by atoms with van der Waals surface area (Å²) in [6.45, 7) is 2.71. The highest BCUT2D eigenvalue weighted by molar-refractivity contribution is 6.32. The Balaban J connectivity index is 1.47. The number of rotatable bonds is 3. The van der Waals surface area contributed by atoms with Crippen LogP contribution < -0.4 is 10.7 Å². The average molecular weight is 448 g/mol. The van der Waals surface area contributed by atoms with E-state index in [-0.39, 0.29) is 5.69 Å². The van der Waals surface area contributed by atoms with Crippen LogP contribution in [0.4, 0.5) is 5.69 Å². The predicted molar refractivity (Wildman–Crippen MR) is 125 cm³/mol. The van der Waals surface area contributed by atoms with Gasteiger partial charge in [-0.05, 0) is 50.1 Å². The van der Waals surface area contributed by atoms with Crippen LogP contribution in [0.5, 0.6) is 0 Å². The number of para-hydroxylation sites is 1. The molecule has 0 saturated carbocycles. The Morgan fingerprint density at radius 2 is 1.94 bits per heavy atom. The number of halogens is 1. The van der Waals surface area contributed by atoms with Crippen LogP contribution in [0.3, 0.4) is 0 Å². The Labute approximate surface area is 189 Å². The zero-order valence-electron chi connectivity index (χ0n) is 17.6. The number of fused-ring (bicyclic) bond motifs is 3. The van der Waals surface area contributed by atoms with Crippen LogP contribution in [-0.4, -0.2) is 25.2 Å². The fourth-order valence-corrected chi connectivity index (χ4v) is 4.41. The van der Waals surface area contributed by atoms with Crippen LogP contribution in [0, 0.1) is 6.92 Å². The Morgan fingerprint density at radius 3 is 2.78 bits per heavy atom. The number of benzene rings is 2. The molecule has 0 spiro atoms. The minimum Gasteiger partial charge on any atom is -0.328 e. The number of nitrogens with zero attached hydrogens (tertiary/aromatic N) is 4. The van der Waals surface area contributed by atoms with Gasteiger partial charge < -0.3 is 9.88 Å². The van der Waals surface area contributed by atoms with Crippen molar-refractivity contribution in [1.82, 2.24) is 19.3 Å². The highest BCUT2D eigenvalue weighted by Gasteiger charge is 2.18. The fourth-order valence-electron chi connectivity index (χ4n) is 4.19. The lowest BCUT2D eigenvalue weighted by Crippen LogP contribution is -2.27. The van der Waals surface area contributed by atoms with Gasteiger partial charge in [-0.15, -0.1) is 0 Å². The minimum atomic E-state index is -0.573. The summed E-state index contributed by atoms with van der Waals surface area (Å²) in [6.07, 6.45) is 4.47. The summed E-state index contributed by atoms with van der Waals surface area (Å²) in [5, 5.41) is 7.59. The fraction of sp³-hybridized carbons (Fsp3) is 0.250. The molecule has 8 heteroatoms. The number of hydrogen-bond donors (Lipinski definition) is 1. The second-order valence-electron chi connectivity index (χ2n) is 8.01. The molecule has 2 aromatic carbocycles. The van der Waals surface area contributed by atoms with Crippen LogP contribution in [0.15, 0.2) is 53.3 Å². The molecule has 4 aromatic rings. The van der Waals surface area contributed by atoms with Crippen molar-refractivity contribution in [3.8, 4) is 5.69 Å². The molecule has 1 aliphatic rings. The SMILES string of the molecule is Cc1cc(=O)c(C(=O)Nc2ccc3c(c2)nc2n3CCCCC2)nn1-c1ccccc1Cl. The molecule has 3 heterocycles. The van der Waals surface area contributed by atoms with Gasteiger partial charge in [0.25, 0.3) is 5.91 Å². The highest BCUT2D eigenvalue weighted by atomic mass is 35.5. The van der Waals surface area contributed by atoms with Gasteiger partial charge in [-0.3, -0.25) is 9.59 Å². The normalized spacial score (nSPS) is 13.6. The number of amides is 1. The molecule has 0 saturated heterocycles. The maximum atomic E-state index is 12.9. The minimum absolute atomic E-state index is 0.198. The standard InChI is InChI=1S/C24H22ClN5O2/c1-15-13-21(31)23(28-30(15)19-8-5-4-7-17(19)25)24(32)26-16-10-11-20-18(14-16)27-22-9-3-2-6-12-29(20)22/h4-5,7-8,10-11,13-14H,2-3,6,9,12H2,1H3,(H,26,32). The predicted octanol–water partition coefficient (Wildman–Crippen LogP) is 4.52. The summed E-state index contributed by atoms with van der Waals surface area (Å²) >= 11 is 6.29. The quantitative estimate of drug-likeness (QED) is 0.500.